The molecule has 0 atom stereocenters. The van der Waals surface area contributed by atoms with Gasteiger partial charge in [0.15, 0.2) is 11.5 Å². The van der Waals surface area contributed by atoms with Crippen molar-refractivity contribution in [2.75, 3.05) is 13.2 Å². The first kappa shape index (κ1) is 34.7. The number of unbranched alkanes of at least 4 members (excludes halogenated alkanes) is 10. The van der Waals surface area contributed by atoms with Crippen molar-refractivity contribution in [1.29, 1.82) is 0 Å². The number of hydrogen-bond acceptors (Lipinski definition) is 2. The van der Waals surface area contributed by atoms with Gasteiger partial charge in [0.2, 0.25) is 0 Å². The van der Waals surface area contributed by atoms with Gasteiger partial charge >= 0.3 is 0 Å². The first-order chi connectivity index (χ1) is 23.7. The fourth-order valence-corrected chi connectivity index (χ4v) is 6.62. The third-order valence-corrected chi connectivity index (χ3v) is 9.27. The van der Waals surface area contributed by atoms with E-state index in [1.807, 2.05) is 12.1 Å². The van der Waals surface area contributed by atoms with Gasteiger partial charge in [0, 0.05) is 21.9 Å². The van der Waals surface area contributed by atoms with Gasteiger partial charge in [-0.15, -0.1) is 12.8 Å². The molecule has 5 aromatic rings. The van der Waals surface area contributed by atoms with Crippen molar-refractivity contribution in [3.8, 4) is 58.4 Å². The average Bonchev–Trinajstić information content (AvgIpc) is 3.14. The van der Waals surface area contributed by atoms with E-state index in [-0.39, 0.29) is 0 Å². The summed E-state index contributed by atoms with van der Waals surface area (Å²) in [5, 5.41) is 4.11. The lowest BCUT2D eigenvalue weighted by molar-refractivity contribution is 0.263. The fourth-order valence-electron chi connectivity index (χ4n) is 6.62. The highest BCUT2D eigenvalue weighted by Crippen LogP contribution is 2.47. The molecule has 0 aromatic heterocycles. The van der Waals surface area contributed by atoms with Crippen molar-refractivity contribution < 1.29 is 9.47 Å². The molecule has 2 heteroatoms. The molecule has 0 spiro atoms. The Bertz CT molecular complexity index is 1720. The Balaban J connectivity index is 1.68. The molecule has 0 radical (unpaired) electrons. The normalized spacial score (nSPS) is 11.0. The fraction of sp³-hybridized carbons (Fsp3) is 0.348. The van der Waals surface area contributed by atoms with Crippen LogP contribution < -0.4 is 9.47 Å². The summed E-state index contributed by atoms with van der Waals surface area (Å²) < 4.78 is 13.5. The Hall–Kier alpha value is -4.66. The SMILES string of the molecule is C#Cc1cc2c(OCCCCCCCC)c(OCCCCCCCC)c3cc(C#C)c(-c4ccccc4)cc3c2cc1-c1ccccc1. The third kappa shape index (κ3) is 8.43. The van der Waals surface area contributed by atoms with Crippen LogP contribution in [0.1, 0.15) is 102 Å². The summed E-state index contributed by atoms with van der Waals surface area (Å²) in [6.07, 6.45) is 26.7. The maximum Gasteiger partial charge on any atom is 0.169 e. The summed E-state index contributed by atoms with van der Waals surface area (Å²) in [6.45, 7) is 5.75. The van der Waals surface area contributed by atoms with E-state index in [1.54, 1.807) is 0 Å². The molecular weight excluding hydrogens is 585 g/mol. The lowest BCUT2D eigenvalue weighted by Crippen LogP contribution is -2.05. The van der Waals surface area contributed by atoms with E-state index in [2.05, 4.69) is 98.5 Å². The van der Waals surface area contributed by atoms with Gasteiger partial charge in [-0.1, -0.05) is 151 Å². The topological polar surface area (TPSA) is 18.5 Å². The summed E-state index contributed by atoms with van der Waals surface area (Å²) >= 11 is 0. The monoisotopic (exact) mass is 634 g/mol. The lowest BCUT2D eigenvalue weighted by atomic mass is 9.89. The van der Waals surface area contributed by atoms with Crippen molar-refractivity contribution in [2.24, 2.45) is 0 Å². The van der Waals surface area contributed by atoms with Gasteiger partial charge in [-0.05, 0) is 70.1 Å². The van der Waals surface area contributed by atoms with E-state index in [1.165, 1.54) is 51.4 Å². The highest BCUT2D eigenvalue weighted by molar-refractivity contribution is 6.16. The molecule has 2 nitrogen and oxygen atoms in total. The van der Waals surface area contributed by atoms with E-state index in [9.17, 15) is 0 Å². The smallest absolute Gasteiger partial charge is 0.169 e. The largest absolute Gasteiger partial charge is 0.489 e. The van der Waals surface area contributed by atoms with Gasteiger partial charge in [-0.3, -0.25) is 0 Å². The van der Waals surface area contributed by atoms with E-state index >= 15 is 0 Å². The number of fused-ring (bicyclic) bond motifs is 3. The number of rotatable bonds is 18. The second kappa shape index (κ2) is 18.0. The van der Waals surface area contributed by atoms with Crippen molar-refractivity contribution in [3.63, 3.8) is 0 Å². The lowest BCUT2D eigenvalue weighted by Gasteiger charge is -2.21. The Morgan fingerprint density at radius 3 is 1.21 bits per heavy atom. The molecule has 0 fully saturated rings. The Labute approximate surface area is 288 Å². The van der Waals surface area contributed by atoms with Crippen LogP contribution in [0.15, 0.2) is 84.9 Å². The standard InChI is InChI=1S/C46H50O2/c1-5-9-11-13-15-23-29-47-45-43-31-35(7-3)39(37-25-19-17-20-26-37)33-41(43)42-34-40(38-27-21-18-22-28-38)36(8-4)32-44(42)46(45)48-30-24-16-14-12-10-6-2/h3-4,17-22,25-28,31-34H,5-6,9-16,23-24,29-30H2,1-2H3. The van der Waals surface area contributed by atoms with Crippen LogP contribution in [-0.2, 0) is 0 Å². The molecule has 0 aliphatic carbocycles. The maximum absolute atomic E-state index is 6.76. The molecule has 0 N–H and O–H groups in total. The number of hydrogen-bond donors (Lipinski definition) is 0. The Morgan fingerprint density at radius 1 is 0.458 bits per heavy atom. The molecule has 0 heterocycles. The van der Waals surface area contributed by atoms with Gasteiger partial charge in [0.1, 0.15) is 0 Å². The summed E-state index contributed by atoms with van der Waals surface area (Å²) in [4.78, 5) is 0. The maximum atomic E-state index is 6.76. The highest BCUT2D eigenvalue weighted by atomic mass is 16.5. The molecule has 0 bridgehead atoms. The van der Waals surface area contributed by atoms with Gasteiger partial charge in [-0.25, -0.2) is 0 Å². The van der Waals surface area contributed by atoms with Crippen LogP contribution in [0.5, 0.6) is 11.5 Å². The number of terminal acetylenes is 2. The average molecular weight is 635 g/mol. The van der Waals surface area contributed by atoms with Gasteiger partial charge in [-0.2, -0.15) is 0 Å². The zero-order valence-electron chi connectivity index (χ0n) is 29.0. The molecule has 0 amide bonds. The summed E-state index contributed by atoms with van der Waals surface area (Å²) in [5.41, 5.74) is 5.89. The molecule has 0 unspecified atom stereocenters. The van der Waals surface area contributed by atoms with Gasteiger partial charge in [0.25, 0.3) is 0 Å². The first-order valence-corrected chi connectivity index (χ1v) is 18.1. The predicted octanol–water partition coefficient (Wildman–Crippen LogP) is 12.8. The van der Waals surface area contributed by atoms with E-state index in [0.717, 1.165) is 92.1 Å². The van der Waals surface area contributed by atoms with Crippen LogP contribution in [0.3, 0.4) is 0 Å². The van der Waals surface area contributed by atoms with E-state index in [4.69, 9.17) is 22.3 Å². The second-order valence-electron chi connectivity index (χ2n) is 12.8. The van der Waals surface area contributed by atoms with Crippen LogP contribution in [0.4, 0.5) is 0 Å². The Kier molecular flexibility index (Phi) is 13.0. The summed E-state index contributed by atoms with van der Waals surface area (Å²) in [7, 11) is 0. The molecule has 246 valence electrons. The molecule has 48 heavy (non-hydrogen) atoms. The third-order valence-electron chi connectivity index (χ3n) is 9.27. The predicted molar refractivity (Wildman–Crippen MR) is 206 cm³/mol. The molecule has 0 saturated heterocycles. The van der Waals surface area contributed by atoms with Crippen LogP contribution in [0.2, 0.25) is 0 Å². The van der Waals surface area contributed by atoms with Crippen LogP contribution >= 0.6 is 0 Å². The van der Waals surface area contributed by atoms with Crippen molar-refractivity contribution >= 4 is 21.5 Å². The van der Waals surface area contributed by atoms with Crippen molar-refractivity contribution in [1.82, 2.24) is 0 Å². The van der Waals surface area contributed by atoms with Gasteiger partial charge < -0.3 is 9.47 Å². The van der Waals surface area contributed by atoms with Crippen molar-refractivity contribution in [3.05, 3.63) is 96.1 Å². The molecule has 0 aliphatic rings. The zero-order chi connectivity index (χ0) is 33.6. The quantitative estimate of drug-likeness (QED) is 0.0542. The summed E-state index contributed by atoms with van der Waals surface area (Å²) in [5.74, 6) is 7.51. The molecular formula is C46H50O2. The van der Waals surface area contributed by atoms with Crippen LogP contribution in [-0.4, -0.2) is 13.2 Å². The molecule has 5 rings (SSSR count). The molecule has 5 aromatic carbocycles. The minimum atomic E-state index is 0.621. The minimum absolute atomic E-state index is 0.621. The molecule has 0 aliphatic heterocycles. The number of benzene rings is 5. The number of ether oxygens (including phenoxy) is 2. The minimum Gasteiger partial charge on any atom is -0.489 e. The van der Waals surface area contributed by atoms with Gasteiger partial charge in [0.05, 0.1) is 13.2 Å². The first-order valence-electron chi connectivity index (χ1n) is 18.1. The van der Waals surface area contributed by atoms with Crippen LogP contribution in [0, 0.1) is 24.7 Å². The Morgan fingerprint density at radius 2 is 0.833 bits per heavy atom. The van der Waals surface area contributed by atoms with Crippen molar-refractivity contribution in [2.45, 2.75) is 90.9 Å². The molecule has 0 saturated carbocycles. The van der Waals surface area contributed by atoms with Crippen LogP contribution in [0.25, 0.3) is 43.8 Å². The van der Waals surface area contributed by atoms with E-state index in [0.29, 0.717) is 13.2 Å². The zero-order valence-corrected chi connectivity index (χ0v) is 29.0. The van der Waals surface area contributed by atoms with E-state index < -0.39 is 0 Å². The highest BCUT2D eigenvalue weighted by Gasteiger charge is 2.22. The second-order valence-corrected chi connectivity index (χ2v) is 12.8. The summed E-state index contributed by atoms with van der Waals surface area (Å²) in [6, 6.07) is 29.5.